The molecule has 0 fully saturated rings. The summed E-state index contributed by atoms with van der Waals surface area (Å²) in [5, 5.41) is 0. The van der Waals surface area contributed by atoms with E-state index in [0.717, 1.165) is 6.33 Å². The van der Waals surface area contributed by atoms with Crippen LogP contribution in [0.1, 0.15) is 38.8 Å². The van der Waals surface area contributed by atoms with Crippen molar-refractivity contribution in [3.8, 4) is 0 Å². The van der Waals surface area contributed by atoms with Crippen molar-refractivity contribution < 1.29 is 8.78 Å². The predicted molar refractivity (Wildman–Crippen MR) is 43.5 cm³/mol. The second-order valence-corrected chi connectivity index (χ2v) is 3.72. The molecule has 1 rings (SSSR count). The van der Waals surface area contributed by atoms with Gasteiger partial charge in [0.15, 0.2) is 5.82 Å². The van der Waals surface area contributed by atoms with Crippen LogP contribution in [0.4, 0.5) is 8.78 Å². The number of hydrogen-bond donors (Lipinski definition) is 0. The van der Waals surface area contributed by atoms with Gasteiger partial charge in [-0.05, 0) is 0 Å². The molecule has 0 atom stereocenters. The van der Waals surface area contributed by atoms with E-state index >= 15 is 0 Å². The molecule has 0 aliphatic carbocycles. The van der Waals surface area contributed by atoms with Gasteiger partial charge in [0.25, 0.3) is 6.43 Å². The van der Waals surface area contributed by atoms with E-state index in [9.17, 15) is 8.78 Å². The molecule has 0 aliphatic heterocycles. The van der Waals surface area contributed by atoms with Crippen LogP contribution in [0.5, 0.6) is 0 Å². The molecule has 0 saturated heterocycles. The van der Waals surface area contributed by atoms with Gasteiger partial charge in [0.2, 0.25) is 0 Å². The fourth-order valence-electron chi connectivity index (χ4n) is 0.775. The lowest BCUT2D eigenvalue weighted by atomic mass is 9.96. The third kappa shape index (κ3) is 2.40. The zero-order valence-corrected chi connectivity index (χ0v) is 7.75. The highest BCUT2D eigenvalue weighted by atomic mass is 19.3. The number of alkyl halides is 2. The molecule has 72 valence electrons. The maximum atomic E-state index is 12.2. The number of rotatable bonds is 1. The second-order valence-electron chi connectivity index (χ2n) is 3.72. The summed E-state index contributed by atoms with van der Waals surface area (Å²) >= 11 is 0. The van der Waals surface area contributed by atoms with Crippen molar-refractivity contribution in [2.24, 2.45) is 0 Å². The summed E-state index contributed by atoms with van der Waals surface area (Å²) in [7, 11) is 0. The molecule has 1 aromatic rings. The Bertz CT molecular complexity index is 294. The van der Waals surface area contributed by atoms with Crippen molar-refractivity contribution in [2.75, 3.05) is 0 Å². The molecule has 0 N–H and O–H groups in total. The van der Waals surface area contributed by atoms with Gasteiger partial charge in [-0.15, -0.1) is 0 Å². The first-order valence-electron chi connectivity index (χ1n) is 3.89. The molecule has 0 unspecified atom stereocenters. The third-order valence-electron chi connectivity index (χ3n) is 1.46. The second kappa shape index (κ2) is 3.32. The Kier molecular flexibility index (Phi) is 2.54. The van der Waals surface area contributed by atoms with Gasteiger partial charge >= 0.3 is 0 Å². The number of halogens is 2. The largest absolute Gasteiger partial charge is 0.297 e. The zero-order valence-electron chi connectivity index (χ0n) is 7.75. The lowest BCUT2D eigenvalue weighted by molar-refractivity contribution is 0.139. The minimum Gasteiger partial charge on any atom is -0.221 e. The van der Waals surface area contributed by atoms with E-state index in [4.69, 9.17) is 0 Å². The predicted octanol–water partition coefficient (Wildman–Crippen LogP) is 2.11. The molecule has 0 spiro atoms. The number of nitrogens with zero attached hydrogens (tertiary/aromatic N) is 3. The SMILES string of the molecule is CC(C)(C)c1ncnc(C(F)F)n1. The van der Waals surface area contributed by atoms with E-state index in [1.54, 1.807) is 0 Å². The van der Waals surface area contributed by atoms with Crippen LogP contribution in [0, 0.1) is 0 Å². The van der Waals surface area contributed by atoms with E-state index in [2.05, 4.69) is 15.0 Å². The molecular formula is C8H11F2N3. The first-order chi connectivity index (χ1) is 5.91. The lowest BCUT2D eigenvalue weighted by Gasteiger charge is -2.15. The first kappa shape index (κ1) is 9.95. The van der Waals surface area contributed by atoms with E-state index in [0.29, 0.717) is 5.82 Å². The minimum absolute atomic E-state index is 0.327. The van der Waals surface area contributed by atoms with E-state index in [1.165, 1.54) is 0 Å². The third-order valence-corrected chi connectivity index (χ3v) is 1.46. The Morgan fingerprint density at radius 2 is 1.85 bits per heavy atom. The van der Waals surface area contributed by atoms with Gasteiger partial charge < -0.3 is 0 Å². The molecule has 0 radical (unpaired) electrons. The fraction of sp³-hybridized carbons (Fsp3) is 0.625. The van der Waals surface area contributed by atoms with Crippen molar-refractivity contribution >= 4 is 0 Å². The van der Waals surface area contributed by atoms with Crippen LogP contribution in [0.2, 0.25) is 0 Å². The molecule has 0 saturated carbocycles. The topological polar surface area (TPSA) is 38.7 Å². The van der Waals surface area contributed by atoms with Crippen LogP contribution in [0.3, 0.4) is 0 Å². The minimum atomic E-state index is -2.64. The quantitative estimate of drug-likeness (QED) is 0.675. The highest BCUT2D eigenvalue weighted by Crippen LogP contribution is 2.19. The molecule has 0 bridgehead atoms. The number of aromatic nitrogens is 3. The zero-order chi connectivity index (χ0) is 10.1. The normalized spacial score (nSPS) is 12.2. The van der Waals surface area contributed by atoms with Crippen LogP contribution in [-0.2, 0) is 5.41 Å². The Hall–Kier alpha value is -1.13. The van der Waals surface area contributed by atoms with Gasteiger partial charge in [-0.1, -0.05) is 20.8 Å². The Morgan fingerprint density at radius 3 is 2.31 bits per heavy atom. The molecule has 1 aromatic heterocycles. The molecule has 0 aliphatic rings. The van der Waals surface area contributed by atoms with Gasteiger partial charge in [0, 0.05) is 5.41 Å². The van der Waals surface area contributed by atoms with Gasteiger partial charge in [-0.25, -0.2) is 23.7 Å². The van der Waals surface area contributed by atoms with Crippen LogP contribution in [-0.4, -0.2) is 15.0 Å². The Balaban J connectivity index is 3.06. The van der Waals surface area contributed by atoms with Crippen molar-refractivity contribution in [1.82, 2.24) is 15.0 Å². The van der Waals surface area contributed by atoms with Crippen molar-refractivity contribution in [3.63, 3.8) is 0 Å². The maximum absolute atomic E-state index is 12.2. The summed E-state index contributed by atoms with van der Waals surface area (Å²) in [5.74, 6) is -0.0716. The van der Waals surface area contributed by atoms with Gasteiger partial charge in [-0.2, -0.15) is 0 Å². The lowest BCUT2D eigenvalue weighted by Crippen LogP contribution is -2.17. The van der Waals surface area contributed by atoms with Crippen LogP contribution in [0.25, 0.3) is 0 Å². The first-order valence-corrected chi connectivity index (χ1v) is 3.89. The summed E-state index contributed by atoms with van der Waals surface area (Å²) in [5.41, 5.74) is -0.327. The van der Waals surface area contributed by atoms with Gasteiger partial charge in [0.1, 0.15) is 12.2 Å². The van der Waals surface area contributed by atoms with Crippen LogP contribution >= 0.6 is 0 Å². The summed E-state index contributed by atoms with van der Waals surface area (Å²) in [4.78, 5) is 10.9. The maximum Gasteiger partial charge on any atom is 0.297 e. The van der Waals surface area contributed by atoms with E-state index in [-0.39, 0.29) is 5.41 Å². The molecule has 0 amide bonds. The highest BCUT2D eigenvalue weighted by Gasteiger charge is 2.20. The van der Waals surface area contributed by atoms with Crippen molar-refractivity contribution in [2.45, 2.75) is 32.6 Å². The average molecular weight is 187 g/mol. The molecular weight excluding hydrogens is 176 g/mol. The monoisotopic (exact) mass is 187 g/mol. The van der Waals surface area contributed by atoms with E-state index in [1.807, 2.05) is 20.8 Å². The molecule has 1 heterocycles. The van der Waals surface area contributed by atoms with E-state index < -0.39 is 12.2 Å². The van der Waals surface area contributed by atoms with Crippen LogP contribution in [0.15, 0.2) is 6.33 Å². The van der Waals surface area contributed by atoms with Gasteiger partial charge in [-0.3, -0.25) is 0 Å². The summed E-state index contributed by atoms with van der Waals surface area (Å²) in [6, 6.07) is 0. The molecule has 5 heteroatoms. The molecule has 3 nitrogen and oxygen atoms in total. The molecule has 0 aromatic carbocycles. The Morgan fingerprint density at radius 1 is 1.23 bits per heavy atom. The molecule has 13 heavy (non-hydrogen) atoms. The standard InChI is InChI=1S/C8H11F2N3/c1-8(2,3)7-12-4-11-6(13-7)5(9)10/h4-5H,1-3H3. The smallest absolute Gasteiger partial charge is 0.221 e. The van der Waals surface area contributed by atoms with Crippen molar-refractivity contribution in [1.29, 1.82) is 0 Å². The van der Waals surface area contributed by atoms with Crippen molar-refractivity contribution in [3.05, 3.63) is 18.0 Å². The average Bonchev–Trinajstić information content (AvgIpc) is 2.03. The van der Waals surface area contributed by atoms with Gasteiger partial charge in [0.05, 0.1) is 0 Å². The summed E-state index contributed by atoms with van der Waals surface area (Å²) in [6.07, 6.45) is -1.51. The summed E-state index contributed by atoms with van der Waals surface area (Å²) < 4.78 is 24.4. The van der Waals surface area contributed by atoms with Crippen LogP contribution < -0.4 is 0 Å². The number of hydrogen-bond acceptors (Lipinski definition) is 3. The highest BCUT2D eigenvalue weighted by molar-refractivity contribution is 5.02. The fourth-order valence-corrected chi connectivity index (χ4v) is 0.775. The summed E-state index contributed by atoms with van der Waals surface area (Å²) in [6.45, 7) is 5.58. The Labute approximate surface area is 75.2 Å².